The minimum absolute atomic E-state index is 0.182. The summed E-state index contributed by atoms with van der Waals surface area (Å²) < 4.78 is 0. The summed E-state index contributed by atoms with van der Waals surface area (Å²) in [6.45, 7) is 2.19. The van der Waals surface area contributed by atoms with Gasteiger partial charge in [0.25, 0.3) is 0 Å². The van der Waals surface area contributed by atoms with Gasteiger partial charge in [-0.15, -0.1) is 0 Å². The molecule has 0 saturated heterocycles. The first kappa shape index (κ1) is 10.6. The molecular weight excluding hydrogens is 210 g/mol. The molecule has 1 fully saturated rings. The van der Waals surface area contributed by atoms with Gasteiger partial charge in [0.1, 0.15) is 11.9 Å². The highest BCUT2D eigenvalue weighted by Gasteiger charge is 2.38. The number of anilines is 1. The summed E-state index contributed by atoms with van der Waals surface area (Å²) in [4.78, 5) is 4.68. The second-order valence-electron chi connectivity index (χ2n) is 5.49. The summed E-state index contributed by atoms with van der Waals surface area (Å²) in [5.74, 6) is 0.799. The highest BCUT2D eigenvalue weighted by molar-refractivity contribution is 5.56. The van der Waals surface area contributed by atoms with Crippen LogP contribution in [-0.2, 0) is 12.8 Å². The number of fused-ring (bicyclic) bond motifs is 1. The number of nitriles is 1. The molecule has 1 N–H and O–H groups in total. The fraction of sp³-hybridized carbons (Fsp3) is 0.571. The molecule has 0 radical (unpaired) electrons. The van der Waals surface area contributed by atoms with E-state index in [4.69, 9.17) is 0 Å². The third-order valence-corrected chi connectivity index (χ3v) is 3.84. The fourth-order valence-electron chi connectivity index (χ4n) is 2.41. The topological polar surface area (TPSA) is 48.7 Å². The van der Waals surface area contributed by atoms with Crippen molar-refractivity contribution in [3.63, 3.8) is 0 Å². The van der Waals surface area contributed by atoms with Gasteiger partial charge in [0.15, 0.2) is 0 Å². The lowest BCUT2D eigenvalue weighted by molar-refractivity contribution is 0.666. The van der Waals surface area contributed by atoms with E-state index in [9.17, 15) is 5.26 Å². The monoisotopic (exact) mass is 227 g/mol. The highest BCUT2D eigenvalue weighted by atomic mass is 15.1. The van der Waals surface area contributed by atoms with Gasteiger partial charge in [-0.1, -0.05) is 0 Å². The van der Waals surface area contributed by atoms with Crippen molar-refractivity contribution in [1.82, 2.24) is 4.98 Å². The number of aromatic nitrogens is 1. The average Bonchev–Trinajstić information content (AvgIpc) is 3.06. The molecule has 0 atom stereocenters. The third kappa shape index (κ3) is 2.00. The van der Waals surface area contributed by atoms with Gasteiger partial charge >= 0.3 is 0 Å². The molecule has 1 aromatic heterocycles. The molecule has 3 rings (SSSR count). The first-order valence-electron chi connectivity index (χ1n) is 6.41. The van der Waals surface area contributed by atoms with Crippen LogP contribution in [-0.4, -0.2) is 10.5 Å². The number of nitrogens with zero attached hydrogens (tertiary/aromatic N) is 2. The Bertz CT molecular complexity index is 495. The van der Waals surface area contributed by atoms with E-state index in [0.717, 1.165) is 18.7 Å². The molecule has 0 bridgehead atoms. The van der Waals surface area contributed by atoms with Crippen LogP contribution in [0, 0.1) is 11.3 Å². The molecule has 2 aliphatic rings. The van der Waals surface area contributed by atoms with Gasteiger partial charge in [-0.3, -0.25) is 0 Å². The molecule has 17 heavy (non-hydrogen) atoms. The molecule has 0 amide bonds. The Kier molecular flexibility index (Phi) is 2.32. The number of hydrogen-bond donors (Lipinski definition) is 1. The predicted octanol–water partition coefficient (Wildman–Crippen LogP) is 2.80. The van der Waals surface area contributed by atoms with Crippen LogP contribution in [0.2, 0.25) is 0 Å². The van der Waals surface area contributed by atoms with Crippen LogP contribution in [0.3, 0.4) is 0 Å². The first-order valence-corrected chi connectivity index (χ1v) is 6.41. The van der Waals surface area contributed by atoms with Crippen LogP contribution in [0.1, 0.15) is 49.4 Å². The molecule has 88 valence electrons. The standard InChI is InChI=1S/C14H17N3/c1-14(6-7-14)17-13-11(9-15)8-10-4-2-3-5-12(10)16-13/h8H,2-7H2,1H3,(H,16,17). The van der Waals surface area contributed by atoms with Crippen molar-refractivity contribution in [3.8, 4) is 6.07 Å². The smallest absolute Gasteiger partial charge is 0.144 e. The van der Waals surface area contributed by atoms with Crippen molar-refractivity contribution >= 4 is 5.82 Å². The Balaban J connectivity index is 1.98. The normalized spacial score (nSPS) is 20.2. The second-order valence-corrected chi connectivity index (χ2v) is 5.49. The summed E-state index contributed by atoms with van der Waals surface area (Å²) in [6.07, 6.45) is 6.95. The molecule has 2 aliphatic carbocycles. The molecular formula is C14H17N3. The van der Waals surface area contributed by atoms with E-state index in [-0.39, 0.29) is 5.54 Å². The van der Waals surface area contributed by atoms with Crippen LogP contribution in [0.25, 0.3) is 0 Å². The lowest BCUT2D eigenvalue weighted by atomic mass is 9.95. The molecule has 0 aliphatic heterocycles. The Hall–Kier alpha value is -1.56. The Morgan fingerprint density at radius 1 is 1.35 bits per heavy atom. The zero-order chi connectivity index (χ0) is 11.9. The fourth-order valence-corrected chi connectivity index (χ4v) is 2.41. The Labute approximate surface area is 102 Å². The van der Waals surface area contributed by atoms with Gasteiger partial charge in [0.05, 0.1) is 5.56 Å². The van der Waals surface area contributed by atoms with Gasteiger partial charge in [0, 0.05) is 11.2 Å². The largest absolute Gasteiger partial charge is 0.364 e. The van der Waals surface area contributed by atoms with Crippen molar-refractivity contribution in [3.05, 3.63) is 22.9 Å². The zero-order valence-corrected chi connectivity index (χ0v) is 10.2. The Morgan fingerprint density at radius 3 is 2.82 bits per heavy atom. The SMILES string of the molecule is CC1(Nc2nc3c(cc2C#N)CCCC3)CC1. The van der Waals surface area contributed by atoms with E-state index in [0.29, 0.717) is 5.56 Å². The van der Waals surface area contributed by atoms with E-state index in [1.807, 2.05) is 6.07 Å². The van der Waals surface area contributed by atoms with Crippen molar-refractivity contribution in [1.29, 1.82) is 5.26 Å². The van der Waals surface area contributed by atoms with Gasteiger partial charge in [-0.05, 0) is 57.1 Å². The van der Waals surface area contributed by atoms with E-state index in [1.165, 1.54) is 36.9 Å². The summed E-state index contributed by atoms with van der Waals surface area (Å²) in [6, 6.07) is 4.31. The number of rotatable bonds is 2. The molecule has 3 nitrogen and oxygen atoms in total. The van der Waals surface area contributed by atoms with Gasteiger partial charge in [0.2, 0.25) is 0 Å². The lowest BCUT2D eigenvalue weighted by Crippen LogP contribution is -2.19. The number of pyridine rings is 1. The maximum absolute atomic E-state index is 9.21. The van der Waals surface area contributed by atoms with Crippen LogP contribution < -0.4 is 5.32 Å². The third-order valence-electron chi connectivity index (χ3n) is 3.84. The molecule has 0 spiro atoms. The number of nitrogens with one attached hydrogen (secondary N) is 1. The Morgan fingerprint density at radius 2 is 2.12 bits per heavy atom. The van der Waals surface area contributed by atoms with Crippen molar-refractivity contribution in [2.45, 2.75) is 51.0 Å². The van der Waals surface area contributed by atoms with Crippen molar-refractivity contribution in [2.24, 2.45) is 0 Å². The van der Waals surface area contributed by atoms with Gasteiger partial charge in [-0.25, -0.2) is 4.98 Å². The number of aryl methyl sites for hydroxylation is 2. The van der Waals surface area contributed by atoms with E-state index >= 15 is 0 Å². The summed E-state index contributed by atoms with van der Waals surface area (Å²) in [7, 11) is 0. The van der Waals surface area contributed by atoms with E-state index in [1.54, 1.807) is 0 Å². The average molecular weight is 227 g/mol. The van der Waals surface area contributed by atoms with Crippen LogP contribution in [0.5, 0.6) is 0 Å². The minimum atomic E-state index is 0.182. The van der Waals surface area contributed by atoms with E-state index < -0.39 is 0 Å². The maximum Gasteiger partial charge on any atom is 0.144 e. The second kappa shape index (κ2) is 3.73. The molecule has 0 unspecified atom stereocenters. The maximum atomic E-state index is 9.21. The first-order chi connectivity index (χ1) is 8.20. The van der Waals surface area contributed by atoms with E-state index in [2.05, 4.69) is 23.3 Å². The molecule has 3 heteroatoms. The quantitative estimate of drug-likeness (QED) is 0.845. The van der Waals surface area contributed by atoms with Crippen molar-refractivity contribution in [2.75, 3.05) is 5.32 Å². The lowest BCUT2D eigenvalue weighted by Gasteiger charge is -2.19. The van der Waals surface area contributed by atoms with Crippen LogP contribution in [0.15, 0.2) is 6.07 Å². The van der Waals surface area contributed by atoms with Gasteiger partial charge < -0.3 is 5.32 Å². The minimum Gasteiger partial charge on any atom is -0.364 e. The van der Waals surface area contributed by atoms with Gasteiger partial charge in [-0.2, -0.15) is 5.26 Å². The highest BCUT2D eigenvalue weighted by Crippen LogP contribution is 2.38. The summed E-state index contributed by atoms with van der Waals surface area (Å²) in [5.41, 5.74) is 3.36. The van der Waals surface area contributed by atoms with Crippen LogP contribution in [0.4, 0.5) is 5.82 Å². The molecule has 1 aromatic rings. The predicted molar refractivity (Wildman–Crippen MR) is 66.9 cm³/mol. The molecule has 1 saturated carbocycles. The van der Waals surface area contributed by atoms with Crippen molar-refractivity contribution < 1.29 is 0 Å². The molecule has 1 heterocycles. The zero-order valence-electron chi connectivity index (χ0n) is 10.2. The van der Waals surface area contributed by atoms with Crippen LogP contribution >= 0.6 is 0 Å². The summed E-state index contributed by atoms with van der Waals surface area (Å²) >= 11 is 0. The molecule has 0 aromatic carbocycles. The number of hydrogen-bond acceptors (Lipinski definition) is 3. The summed E-state index contributed by atoms with van der Waals surface area (Å²) in [5, 5.41) is 12.6.